The summed E-state index contributed by atoms with van der Waals surface area (Å²) in [6.07, 6.45) is 3.31. The van der Waals surface area contributed by atoms with E-state index in [-0.39, 0.29) is 5.95 Å². The molecule has 5 nitrogen and oxygen atoms in total. The van der Waals surface area contributed by atoms with Crippen molar-refractivity contribution in [2.75, 3.05) is 11.5 Å². The minimum atomic E-state index is 0.170. The van der Waals surface area contributed by atoms with E-state index >= 15 is 0 Å². The number of pyridine rings is 1. The lowest BCUT2D eigenvalue weighted by molar-refractivity contribution is 1.18. The van der Waals surface area contributed by atoms with Crippen molar-refractivity contribution in [3.8, 4) is 11.3 Å². The molecule has 0 aromatic carbocycles. The summed E-state index contributed by atoms with van der Waals surface area (Å²) in [6.45, 7) is 1.99. The Morgan fingerprint density at radius 1 is 1.20 bits per heavy atom. The van der Waals surface area contributed by atoms with Crippen LogP contribution in [-0.4, -0.2) is 15.0 Å². The lowest BCUT2D eigenvalue weighted by Crippen LogP contribution is -2.01. The van der Waals surface area contributed by atoms with Crippen molar-refractivity contribution in [3.63, 3.8) is 0 Å². The second-order valence-corrected chi connectivity index (χ2v) is 3.25. The second kappa shape index (κ2) is 3.53. The number of nitrogens with two attached hydrogens (primary N) is 2. The molecule has 0 aliphatic heterocycles. The number of aryl methyl sites for hydroxylation is 1. The lowest BCUT2D eigenvalue weighted by Gasteiger charge is -2.04. The molecule has 0 spiro atoms. The Bertz CT molecular complexity index is 495. The fraction of sp³-hybridized carbons (Fsp3) is 0.100. The molecular weight excluding hydrogens is 190 g/mol. The third kappa shape index (κ3) is 1.85. The molecule has 0 radical (unpaired) electrons. The molecule has 76 valence electrons. The first-order valence-electron chi connectivity index (χ1n) is 4.48. The molecule has 2 aromatic rings. The number of nitrogen functional groups attached to an aromatic ring is 2. The number of hydrogen-bond acceptors (Lipinski definition) is 5. The van der Waals surface area contributed by atoms with Gasteiger partial charge in [0.1, 0.15) is 5.82 Å². The first-order chi connectivity index (χ1) is 7.16. The van der Waals surface area contributed by atoms with Gasteiger partial charge < -0.3 is 11.5 Å². The summed E-state index contributed by atoms with van der Waals surface area (Å²) in [6, 6.07) is 3.84. The summed E-state index contributed by atoms with van der Waals surface area (Å²) >= 11 is 0. The number of aromatic nitrogens is 3. The summed E-state index contributed by atoms with van der Waals surface area (Å²) < 4.78 is 0. The van der Waals surface area contributed by atoms with Crippen LogP contribution in [-0.2, 0) is 0 Å². The predicted molar refractivity (Wildman–Crippen MR) is 58.8 cm³/mol. The minimum absolute atomic E-state index is 0.170. The fourth-order valence-corrected chi connectivity index (χ4v) is 1.29. The highest BCUT2D eigenvalue weighted by atomic mass is 15.0. The van der Waals surface area contributed by atoms with E-state index in [1.54, 1.807) is 12.4 Å². The first-order valence-corrected chi connectivity index (χ1v) is 4.48. The molecule has 0 fully saturated rings. The summed E-state index contributed by atoms with van der Waals surface area (Å²) in [5.74, 6) is 0.518. The summed E-state index contributed by atoms with van der Waals surface area (Å²) in [4.78, 5) is 12.0. The number of anilines is 2. The molecule has 0 amide bonds. The molecule has 5 heteroatoms. The molecular formula is C10H11N5. The summed E-state index contributed by atoms with van der Waals surface area (Å²) in [5.41, 5.74) is 13.7. The maximum atomic E-state index is 5.73. The maximum Gasteiger partial charge on any atom is 0.221 e. The predicted octanol–water partition coefficient (Wildman–Crippen LogP) is 1.01. The van der Waals surface area contributed by atoms with Crippen molar-refractivity contribution < 1.29 is 0 Å². The van der Waals surface area contributed by atoms with E-state index < -0.39 is 0 Å². The van der Waals surface area contributed by atoms with Gasteiger partial charge in [-0.3, -0.25) is 4.98 Å². The van der Waals surface area contributed by atoms with Crippen molar-refractivity contribution >= 4 is 11.8 Å². The van der Waals surface area contributed by atoms with E-state index in [9.17, 15) is 0 Å². The van der Waals surface area contributed by atoms with Crippen LogP contribution in [0.15, 0.2) is 24.5 Å². The standard InChI is InChI=1S/C10H11N5/c1-6-2-3-13-8(4-6)7-5-14-10(12)15-9(7)11/h2-5H,1H3,(H4,11,12,14,15). The zero-order valence-electron chi connectivity index (χ0n) is 8.31. The van der Waals surface area contributed by atoms with Crippen LogP contribution < -0.4 is 11.5 Å². The van der Waals surface area contributed by atoms with E-state index in [1.807, 2.05) is 19.1 Å². The molecule has 0 bridgehead atoms. The summed E-state index contributed by atoms with van der Waals surface area (Å²) in [7, 11) is 0. The molecule has 2 heterocycles. The van der Waals surface area contributed by atoms with E-state index in [1.165, 1.54) is 0 Å². The van der Waals surface area contributed by atoms with Gasteiger partial charge in [-0.15, -0.1) is 0 Å². The highest BCUT2D eigenvalue weighted by Gasteiger charge is 2.06. The van der Waals surface area contributed by atoms with Crippen LogP contribution in [0.1, 0.15) is 5.56 Å². The Morgan fingerprint density at radius 3 is 2.67 bits per heavy atom. The monoisotopic (exact) mass is 201 g/mol. The average Bonchev–Trinajstić information content (AvgIpc) is 2.17. The molecule has 0 aliphatic carbocycles. The van der Waals surface area contributed by atoms with Crippen LogP contribution in [0.3, 0.4) is 0 Å². The Hall–Kier alpha value is -2.17. The van der Waals surface area contributed by atoms with E-state index in [0.29, 0.717) is 11.4 Å². The number of hydrogen-bond donors (Lipinski definition) is 2. The van der Waals surface area contributed by atoms with Crippen LogP contribution in [0, 0.1) is 6.92 Å². The highest BCUT2D eigenvalue weighted by molar-refractivity contribution is 5.70. The molecule has 2 aromatic heterocycles. The normalized spacial score (nSPS) is 10.2. The third-order valence-electron chi connectivity index (χ3n) is 2.03. The Kier molecular flexibility index (Phi) is 2.21. The van der Waals surface area contributed by atoms with Crippen LogP contribution in [0.5, 0.6) is 0 Å². The van der Waals surface area contributed by atoms with Crippen molar-refractivity contribution in [2.24, 2.45) is 0 Å². The van der Waals surface area contributed by atoms with Gasteiger partial charge in [0.2, 0.25) is 5.95 Å². The molecule has 0 atom stereocenters. The van der Waals surface area contributed by atoms with Gasteiger partial charge in [-0.2, -0.15) is 4.98 Å². The van der Waals surface area contributed by atoms with E-state index in [4.69, 9.17) is 11.5 Å². The van der Waals surface area contributed by atoms with Crippen LogP contribution >= 0.6 is 0 Å². The molecule has 0 saturated carbocycles. The molecule has 0 unspecified atom stereocenters. The van der Waals surface area contributed by atoms with Crippen LogP contribution in [0.2, 0.25) is 0 Å². The van der Waals surface area contributed by atoms with Gasteiger partial charge in [0, 0.05) is 12.4 Å². The van der Waals surface area contributed by atoms with Crippen LogP contribution in [0.25, 0.3) is 11.3 Å². The van der Waals surface area contributed by atoms with Gasteiger partial charge in [0.05, 0.1) is 11.3 Å². The topological polar surface area (TPSA) is 90.7 Å². The van der Waals surface area contributed by atoms with Gasteiger partial charge in [0.15, 0.2) is 0 Å². The summed E-state index contributed by atoms with van der Waals surface area (Å²) in [5, 5.41) is 0. The zero-order chi connectivity index (χ0) is 10.8. The van der Waals surface area contributed by atoms with E-state index in [0.717, 1.165) is 11.3 Å². The van der Waals surface area contributed by atoms with Crippen LogP contribution in [0.4, 0.5) is 11.8 Å². The van der Waals surface area contributed by atoms with Gasteiger partial charge in [-0.25, -0.2) is 4.98 Å². The van der Waals surface area contributed by atoms with Crippen molar-refractivity contribution in [2.45, 2.75) is 6.92 Å². The van der Waals surface area contributed by atoms with Gasteiger partial charge in [-0.1, -0.05) is 0 Å². The van der Waals surface area contributed by atoms with Crippen molar-refractivity contribution in [3.05, 3.63) is 30.1 Å². The largest absolute Gasteiger partial charge is 0.383 e. The maximum absolute atomic E-state index is 5.73. The fourth-order valence-electron chi connectivity index (χ4n) is 1.29. The molecule has 15 heavy (non-hydrogen) atoms. The minimum Gasteiger partial charge on any atom is -0.383 e. The zero-order valence-corrected chi connectivity index (χ0v) is 8.31. The van der Waals surface area contributed by atoms with Gasteiger partial charge in [0.25, 0.3) is 0 Å². The Balaban J connectivity index is 2.54. The van der Waals surface area contributed by atoms with Crippen molar-refractivity contribution in [1.82, 2.24) is 15.0 Å². The van der Waals surface area contributed by atoms with Gasteiger partial charge >= 0.3 is 0 Å². The Morgan fingerprint density at radius 2 is 2.00 bits per heavy atom. The highest BCUT2D eigenvalue weighted by Crippen LogP contribution is 2.22. The Labute approximate surface area is 87.2 Å². The number of rotatable bonds is 1. The average molecular weight is 201 g/mol. The number of nitrogens with zero attached hydrogens (tertiary/aromatic N) is 3. The SMILES string of the molecule is Cc1ccnc(-c2cnc(N)nc2N)c1. The van der Waals surface area contributed by atoms with E-state index in [2.05, 4.69) is 15.0 Å². The lowest BCUT2D eigenvalue weighted by atomic mass is 10.1. The van der Waals surface area contributed by atoms with Crippen molar-refractivity contribution in [1.29, 1.82) is 0 Å². The smallest absolute Gasteiger partial charge is 0.221 e. The van der Waals surface area contributed by atoms with Gasteiger partial charge in [-0.05, 0) is 24.6 Å². The second-order valence-electron chi connectivity index (χ2n) is 3.25. The molecule has 0 aliphatic rings. The molecule has 0 saturated heterocycles. The molecule has 4 N–H and O–H groups in total. The third-order valence-corrected chi connectivity index (χ3v) is 2.03. The molecule has 2 rings (SSSR count). The quantitative estimate of drug-likeness (QED) is 0.718. The first kappa shape index (κ1) is 9.39.